The van der Waals surface area contributed by atoms with Gasteiger partial charge >= 0.3 is 0 Å². The smallest absolute Gasteiger partial charge is 0.270 e. The van der Waals surface area contributed by atoms with Crippen LogP contribution in [0.2, 0.25) is 0 Å². The molecule has 2 atom stereocenters. The van der Waals surface area contributed by atoms with Crippen LogP contribution >= 0.6 is 23.5 Å². The molecule has 4 nitrogen and oxygen atoms in total. The summed E-state index contributed by atoms with van der Waals surface area (Å²) in [6.45, 7) is 0. The third kappa shape index (κ3) is 1.68. The topological polar surface area (TPSA) is 60.2 Å². The molecule has 0 aliphatic carbocycles. The average molecular weight is 265 g/mol. The molecule has 17 heavy (non-hydrogen) atoms. The number of non-ortho nitro benzene ring substituents is 1. The van der Waals surface area contributed by atoms with Gasteiger partial charge in [-0.2, -0.15) is 0 Å². The van der Waals surface area contributed by atoms with Crippen LogP contribution in [-0.2, 0) is 0 Å². The van der Waals surface area contributed by atoms with Gasteiger partial charge in [-0.05, 0) is 11.5 Å². The third-order valence-electron chi connectivity index (χ3n) is 2.75. The lowest BCUT2D eigenvalue weighted by molar-refractivity contribution is -0.384. The van der Waals surface area contributed by atoms with Crippen molar-refractivity contribution in [1.29, 1.82) is 0 Å². The minimum absolute atomic E-state index is 0.00227. The number of hydrogen-bond acceptors (Lipinski definition) is 5. The molecule has 0 radical (unpaired) electrons. The van der Waals surface area contributed by atoms with Crippen LogP contribution in [0.25, 0.3) is 0 Å². The van der Waals surface area contributed by atoms with Crippen LogP contribution in [0.4, 0.5) is 5.69 Å². The summed E-state index contributed by atoms with van der Waals surface area (Å²) < 4.78 is 0. The van der Waals surface area contributed by atoms with Gasteiger partial charge in [0.2, 0.25) is 0 Å². The lowest BCUT2D eigenvalue weighted by Crippen LogP contribution is -2.29. The van der Waals surface area contributed by atoms with Crippen molar-refractivity contribution in [3.63, 3.8) is 0 Å². The molecule has 1 aromatic rings. The SMILES string of the molecule is O=C1c2cc([N+](=O)[O-])ccc2S[C@@H]2C=CS[C@@H]12. The molecule has 0 aromatic heterocycles. The van der Waals surface area contributed by atoms with Crippen molar-refractivity contribution in [2.75, 3.05) is 0 Å². The predicted octanol–water partition coefficient (Wildman–Crippen LogP) is 2.88. The molecular formula is C11H7NO3S2. The van der Waals surface area contributed by atoms with Gasteiger partial charge < -0.3 is 0 Å². The second kappa shape index (κ2) is 3.89. The predicted molar refractivity (Wildman–Crippen MR) is 67.6 cm³/mol. The van der Waals surface area contributed by atoms with Crippen molar-refractivity contribution in [1.82, 2.24) is 0 Å². The molecule has 6 heteroatoms. The van der Waals surface area contributed by atoms with Crippen LogP contribution in [0, 0.1) is 10.1 Å². The number of nitrogens with zero attached hydrogens (tertiary/aromatic N) is 1. The number of carbonyl (C=O) groups excluding carboxylic acids is 1. The van der Waals surface area contributed by atoms with E-state index in [4.69, 9.17) is 0 Å². The highest BCUT2D eigenvalue weighted by Gasteiger charge is 2.38. The maximum Gasteiger partial charge on any atom is 0.270 e. The summed E-state index contributed by atoms with van der Waals surface area (Å²) in [5, 5.41) is 12.7. The molecule has 3 rings (SSSR count). The van der Waals surface area contributed by atoms with E-state index >= 15 is 0 Å². The molecule has 0 N–H and O–H groups in total. The fourth-order valence-electron chi connectivity index (χ4n) is 1.92. The monoisotopic (exact) mass is 265 g/mol. The Kier molecular flexibility index (Phi) is 2.48. The molecule has 2 aliphatic heterocycles. The van der Waals surface area contributed by atoms with Crippen molar-refractivity contribution in [2.24, 2.45) is 0 Å². The summed E-state index contributed by atoms with van der Waals surface area (Å²) in [5.74, 6) is 0.00227. The zero-order chi connectivity index (χ0) is 12.0. The second-order valence-corrected chi connectivity index (χ2v) is 6.04. The van der Waals surface area contributed by atoms with Crippen molar-refractivity contribution in [2.45, 2.75) is 15.4 Å². The Morgan fingerprint density at radius 2 is 2.18 bits per heavy atom. The van der Waals surface area contributed by atoms with E-state index in [9.17, 15) is 14.9 Å². The van der Waals surface area contributed by atoms with E-state index in [1.807, 2.05) is 11.5 Å². The van der Waals surface area contributed by atoms with Gasteiger partial charge in [0.05, 0.1) is 10.2 Å². The average Bonchev–Trinajstić information content (AvgIpc) is 2.77. The number of hydrogen-bond donors (Lipinski definition) is 0. The van der Waals surface area contributed by atoms with Crippen LogP contribution in [0.5, 0.6) is 0 Å². The van der Waals surface area contributed by atoms with Crippen LogP contribution in [0.15, 0.2) is 34.6 Å². The maximum atomic E-state index is 12.2. The number of nitro benzene ring substituents is 1. The van der Waals surface area contributed by atoms with Crippen molar-refractivity contribution < 1.29 is 9.72 Å². The zero-order valence-electron chi connectivity index (χ0n) is 8.53. The van der Waals surface area contributed by atoms with Gasteiger partial charge in [0, 0.05) is 27.8 Å². The second-order valence-electron chi connectivity index (χ2n) is 3.77. The largest absolute Gasteiger partial charge is 0.293 e. The minimum atomic E-state index is -0.468. The number of carbonyl (C=O) groups is 1. The number of thioether (sulfide) groups is 2. The number of ketones is 1. The molecular weight excluding hydrogens is 258 g/mol. The summed E-state index contributed by atoms with van der Waals surface area (Å²) >= 11 is 3.09. The number of benzene rings is 1. The van der Waals surface area contributed by atoms with E-state index in [-0.39, 0.29) is 22.0 Å². The number of rotatable bonds is 1. The molecule has 2 aliphatic rings. The Hall–Kier alpha value is -1.27. The minimum Gasteiger partial charge on any atom is -0.293 e. The normalized spacial score (nSPS) is 25.5. The molecule has 86 valence electrons. The molecule has 1 aromatic carbocycles. The lowest BCUT2D eigenvalue weighted by atomic mass is 10.0. The molecule has 0 fully saturated rings. The van der Waals surface area contributed by atoms with E-state index in [1.165, 1.54) is 23.9 Å². The highest BCUT2D eigenvalue weighted by molar-refractivity contribution is 8.07. The first-order valence-corrected chi connectivity index (χ1v) is 6.80. The van der Waals surface area contributed by atoms with E-state index < -0.39 is 4.92 Å². The van der Waals surface area contributed by atoms with Gasteiger partial charge in [-0.25, -0.2) is 0 Å². The van der Waals surface area contributed by atoms with Crippen LogP contribution < -0.4 is 0 Å². The number of nitro groups is 1. The Morgan fingerprint density at radius 3 is 2.94 bits per heavy atom. The highest BCUT2D eigenvalue weighted by Crippen LogP contribution is 2.45. The first kappa shape index (κ1) is 10.9. The molecule has 0 unspecified atom stereocenters. The van der Waals surface area contributed by atoms with Gasteiger partial charge in [0.1, 0.15) is 0 Å². The van der Waals surface area contributed by atoms with Gasteiger partial charge in [-0.15, -0.1) is 23.5 Å². The van der Waals surface area contributed by atoms with Gasteiger partial charge in [-0.1, -0.05) is 6.08 Å². The van der Waals surface area contributed by atoms with E-state index in [2.05, 4.69) is 0 Å². The fraction of sp³-hybridized carbons (Fsp3) is 0.182. The van der Waals surface area contributed by atoms with Crippen LogP contribution in [0.1, 0.15) is 10.4 Å². The molecule has 0 spiro atoms. The van der Waals surface area contributed by atoms with E-state index in [1.54, 1.807) is 17.8 Å². The molecule has 0 saturated carbocycles. The van der Waals surface area contributed by atoms with Gasteiger partial charge in [-0.3, -0.25) is 14.9 Å². The third-order valence-corrected chi connectivity index (χ3v) is 5.35. The molecule has 0 bridgehead atoms. The molecule has 0 amide bonds. The fourth-order valence-corrected chi connectivity index (χ4v) is 4.44. The van der Waals surface area contributed by atoms with Gasteiger partial charge in [0.25, 0.3) is 5.69 Å². The highest BCUT2D eigenvalue weighted by atomic mass is 32.2. The standard InChI is InChI=1S/C11H7NO3S2/c13-10-7-5-6(12(14)15)1-2-8(7)17-9-3-4-16-11(9)10/h1-5,9,11H/t9-,11-/m1/s1. The number of Topliss-reactive ketones (excluding diaryl/α,β-unsaturated/α-hetero) is 1. The Balaban J connectivity index is 2.07. The first-order chi connectivity index (χ1) is 8.16. The Morgan fingerprint density at radius 1 is 1.35 bits per heavy atom. The molecule has 0 saturated heterocycles. The quantitative estimate of drug-likeness (QED) is 0.577. The summed E-state index contributed by atoms with van der Waals surface area (Å²) in [6, 6.07) is 4.51. The Labute approximate surface area is 106 Å². The summed E-state index contributed by atoms with van der Waals surface area (Å²) in [7, 11) is 0. The Bertz CT molecular complexity index is 556. The molecule has 2 heterocycles. The van der Waals surface area contributed by atoms with E-state index in [0.29, 0.717) is 5.56 Å². The van der Waals surface area contributed by atoms with E-state index in [0.717, 1.165) is 4.90 Å². The van der Waals surface area contributed by atoms with Gasteiger partial charge in [0.15, 0.2) is 5.78 Å². The van der Waals surface area contributed by atoms with Crippen molar-refractivity contribution >= 4 is 35.0 Å². The maximum absolute atomic E-state index is 12.2. The summed E-state index contributed by atoms with van der Waals surface area (Å²) in [5.41, 5.74) is 0.466. The summed E-state index contributed by atoms with van der Waals surface area (Å²) in [4.78, 5) is 23.2. The van der Waals surface area contributed by atoms with Crippen LogP contribution in [-0.4, -0.2) is 21.2 Å². The summed E-state index contributed by atoms with van der Waals surface area (Å²) in [6.07, 6.45) is 2.02. The zero-order valence-corrected chi connectivity index (χ0v) is 10.2. The van der Waals surface area contributed by atoms with Crippen molar-refractivity contribution in [3.8, 4) is 0 Å². The lowest BCUT2D eigenvalue weighted by Gasteiger charge is -2.24. The first-order valence-electron chi connectivity index (χ1n) is 4.98. The number of fused-ring (bicyclic) bond motifs is 2. The van der Waals surface area contributed by atoms with Crippen molar-refractivity contribution in [3.05, 3.63) is 45.4 Å². The van der Waals surface area contributed by atoms with Crippen LogP contribution in [0.3, 0.4) is 0 Å².